The van der Waals surface area contributed by atoms with Gasteiger partial charge in [0.25, 0.3) is 5.91 Å². The van der Waals surface area contributed by atoms with Crippen LogP contribution in [0.5, 0.6) is 11.5 Å². The zero-order valence-electron chi connectivity index (χ0n) is 13.0. The summed E-state index contributed by atoms with van der Waals surface area (Å²) in [7, 11) is 3.14. The van der Waals surface area contributed by atoms with Gasteiger partial charge >= 0.3 is 0 Å². The molecule has 116 valence electrons. The van der Waals surface area contributed by atoms with Crippen molar-refractivity contribution in [2.75, 3.05) is 19.5 Å². The van der Waals surface area contributed by atoms with Crippen LogP contribution in [0.15, 0.2) is 34.4 Å². The predicted molar refractivity (Wildman–Crippen MR) is 83.1 cm³/mol. The largest absolute Gasteiger partial charge is 0.493 e. The molecule has 1 aromatic carbocycles. The second-order valence-corrected chi connectivity index (χ2v) is 4.72. The first-order chi connectivity index (χ1) is 10.5. The molecule has 0 aliphatic heterocycles. The molecule has 0 aliphatic rings. The van der Waals surface area contributed by atoms with E-state index in [1.54, 1.807) is 52.3 Å². The number of carbonyl (C=O) groups excluding carboxylic acids is 1. The third-order valence-electron chi connectivity index (χ3n) is 3.02. The summed E-state index contributed by atoms with van der Waals surface area (Å²) in [4.78, 5) is 12.1. The summed E-state index contributed by atoms with van der Waals surface area (Å²) in [6.07, 6.45) is 1.75. The van der Waals surface area contributed by atoms with Gasteiger partial charge in [0.1, 0.15) is 5.76 Å². The van der Waals surface area contributed by atoms with E-state index in [4.69, 9.17) is 14.0 Å². The molecule has 2 aromatic rings. The van der Waals surface area contributed by atoms with Gasteiger partial charge in [-0.1, -0.05) is 11.2 Å². The third-order valence-corrected chi connectivity index (χ3v) is 3.02. The Morgan fingerprint density at radius 2 is 1.95 bits per heavy atom. The predicted octanol–water partition coefficient (Wildman–Crippen LogP) is 3.04. The topological polar surface area (TPSA) is 73.6 Å². The first-order valence-electron chi connectivity index (χ1n) is 6.68. The summed E-state index contributed by atoms with van der Waals surface area (Å²) in [6, 6.07) is 7.09. The summed E-state index contributed by atoms with van der Waals surface area (Å²) in [5.74, 6) is 2.03. The van der Waals surface area contributed by atoms with E-state index in [9.17, 15) is 4.79 Å². The number of hydrogen-bond donors (Lipinski definition) is 1. The SMILES string of the molecule is COc1ccc(/C=C(\C)C(=O)Nc2cc(C)on2)cc1OC. The standard InChI is InChI=1S/C16H18N2O4/c1-10(16(19)17-15-8-11(2)22-18-15)7-12-5-6-13(20-3)14(9-12)21-4/h5-9H,1-4H3,(H,17,18,19)/b10-7+. The van der Waals surface area contributed by atoms with Gasteiger partial charge in [-0.2, -0.15) is 0 Å². The molecule has 0 fully saturated rings. The summed E-state index contributed by atoms with van der Waals surface area (Å²) in [6.45, 7) is 3.48. The van der Waals surface area contributed by atoms with Crippen LogP contribution in [0.2, 0.25) is 0 Å². The van der Waals surface area contributed by atoms with Crippen molar-refractivity contribution in [3.63, 3.8) is 0 Å². The van der Waals surface area contributed by atoms with Crippen LogP contribution < -0.4 is 14.8 Å². The number of methoxy groups -OCH3 is 2. The monoisotopic (exact) mass is 302 g/mol. The van der Waals surface area contributed by atoms with Crippen LogP contribution in [-0.4, -0.2) is 25.3 Å². The van der Waals surface area contributed by atoms with Crippen molar-refractivity contribution in [1.29, 1.82) is 0 Å². The number of nitrogens with zero attached hydrogens (tertiary/aromatic N) is 1. The highest BCUT2D eigenvalue weighted by molar-refractivity contribution is 6.05. The molecule has 1 amide bonds. The smallest absolute Gasteiger partial charge is 0.252 e. The van der Waals surface area contributed by atoms with E-state index in [1.165, 1.54) is 0 Å². The highest BCUT2D eigenvalue weighted by Gasteiger charge is 2.09. The number of amides is 1. The molecule has 1 heterocycles. The third kappa shape index (κ3) is 3.66. The van der Waals surface area contributed by atoms with Crippen molar-refractivity contribution in [2.45, 2.75) is 13.8 Å². The lowest BCUT2D eigenvalue weighted by atomic mass is 10.1. The summed E-state index contributed by atoms with van der Waals surface area (Å²) < 4.78 is 15.3. The summed E-state index contributed by atoms with van der Waals surface area (Å²) >= 11 is 0. The van der Waals surface area contributed by atoms with E-state index in [-0.39, 0.29) is 5.91 Å². The fourth-order valence-corrected chi connectivity index (χ4v) is 1.90. The average Bonchev–Trinajstić information content (AvgIpc) is 2.92. The van der Waals surface area contributed by atoms with E-state index in [0.717, 1.165) is 5.56 Å². The first kappa shape index (κ1) is 15.6. The van der Waals surface area contributed by atoms with Gasteiger partial charge in [-0.15, -0.1) is 0 Å². The molecule has 0 bridgehead atoms. The quantitative estimate of drug-likeness (QED) is 0.859. The van der Waals surface area contributed by atoms with Gasteiger partial charge in [0.2, 0.25) is 0 Å². The van der Waals surface area contributed by atoms with Crippen molar-refractivity contribution in [3.05, 3.63) is 41.2 Å². The van der Waals surface area contributed by atoms with Crippen LogP contribution in [0, 0.1) is 6.92 Å². The Kier molecular flexibility index (Phi) is 4.83. The molecule has 0 radical (unpaired) electrons. The molecule has 0 aliphatic carbocycles. The normalized spacial score (nSPS) is 11.2. The Hall–Kier alpha value is -2.76. The Balaban J connectivity index is 2.15. The minimum Gasteiger partial charge on any atom is -0.493 e. The minimum atomic E-state index is -0.247. The number of benzene rings is 1. The highest BCUT2D eigenvalue weighted by atomic mass is 16.5. The lowest BCUT2D eigenvalue weighted by Crippen LogP contribution is -2.12. The van der Waals surface area contributed by atoms with Gasteiger partial charge in [0.05, 0.1) is 14.2 Å². The molecule has 22 heavy (non-hydrogen) atoms. The van der Waals surface area contributed by atoms with E-state index >= 15 is 0 Å². The van der Waals surface area contributed by atoms with Gasteiger partial charge < -0.3 is 19.3 Å². The Morgan fingerprint density at radius 1 is 1.23 bits per heavy atom. The van der Waals surface area contributed by atoms with Gasteiger partial charge in [-0.3, -0.25) is 4.79 Å². The molecule has 2 rings (SSSR count). The van der Waals surface area contributed by atoms with E-state index < -0.39 is 0 Å². The van der Waals surface area contributed by atoms with Crippen molar-refractivity contribution in [3.8, 4) is 11.5 Å². The van der Waals surface area contributed by atoms with Gasteiger partial charge in [-0.25, -0.2) is 0 Å². The zero-order valence-corrected chi connectivity index (χ0v) is 13.0. The lowest BCUT2D eigenvalue weighted by molar-refractivity contribution is -0.112. The first-order valence-corrected chi connectivity index (χ1v) is 6.68. The molecule has 1 aromatic heterocycles. The molecule has 0 saturated heterocycles. The lowest BCUT2D eigenvalue weighted by Gasteiger charge is -2.08. The molecular weight excluding hydrogens is 284 g/mol. The second-order valence-electron chi connectivity index (χ2n) is 4.72. The zero-order chi connectivity index (χ0) is 16.1. The Bertz CT molecular complexity index is 704. The number of rotatable bonds is 5. The van der Waals surface area contributed by atoms with Gasteiger partial charge in [-0.05, 0) is 37.6 Å². The molecule has 0 atom stereocenters. The molecule has 6 nitrogen and oxygen atoms in total. The van der Waals surface area contributed by atoms with Crippen LogP contribution in [0.1, 0.15) is 18.2 Å². The number of anilines is 1. The van der Waals surface area contributed by atoms with Crippen molar-refractivity contribution in [1.82, 2.24) is 5.16 Å². The summed E-state index contributed by atoms with van der Waals surface area (Å²) in [5.41, 5.74) is 1.37. The van der Waals surface area contributed by atoms with Crippen LogP contribution in [0.25, 0.3) is 6.08 Å². The van der Waals surface area contributed by atoms with Crippen LogP contribution in [-0.2, 0) is 4.79 Å². The van der Waals surface area contributed by atoms with E-state index in [2.05, 4.69) is 10.5 Å². The maximum atomic E-state index is 12.1. The minimum absolute atomic E-state index is 0.247. The van der Waals surface area contributed by atoms with Crippen molar-refractivity contribution < 1.29 is 18.8 Å². The summed E-state index contributed by atoms with van der Waals surface area (Å²) in [5, 5.41) is 6.39. The maximum absolute atomic E-state index is 12.1. The van der Waals surface area contributed by atoms with Crippen molar-refractivity contribution in [2.24, 2.45) is 0 Å². The highest BCUT2D eigenvalue weighted by Crippen LogP contribution is 2.28. The molecule has 1 N–H and O–H groups in total. The molecular formula is C16H18N2O4. The van der Waals surface area contributed by atoms with Crippen LogP contribution in [0.3, 0.4) is 0 Å². The van der Waals surface area contributed by atoms with Crippen LogP contribution in [0.4, 0.5) is 5.82 Å². The van der Waals surface area contributed by atoms with Crippen LogP contribution >= 0.6 is 0 Å². The van der Waals surface area contributed by atoms with Gasteiger partial charge in [0, 0.05) is 11.6 Å². The number of aryl methyl sites for hydroxylation is 1. The number of nitrogens with one attached hydrogen (secondary N) is 1. The number of aromatic nitrogens is 1. The molecule has 0 spiro atoms. The van der Waals surface area contributed by atoms with E-state index in [0.29, 0.717) is 28.7 Å². The molecule has 0 unspecified atom stereocenters. The van der Waals surface area contributed by atoms with Gasteiger partial charge in [0.15, 0.2) is 17.3 Å². The average molecular weight is 302 g/mol. The number of hydrogen-bond acceptors (Lipinski definition) is 5. The Morgan fingerprint density at radius 3 is 2.55 bits per heavy atom. The Labute approximate surface area is 128 Å². The molecule has 0 saturated carbocycles. The fraction of sp³-hybridized carbons (Fsp3) is 0.250. The fourth-order valence-electron chi connectivity index (χ4n) is 1.90. The second kappa shape index (κ2) is 6.80. The number of ether oxygens (including phenoxy) is 2. The maximum Gasteiger partial charge on any atom is 0.252 e. The number of carbonyl (C=O) groups is 1. The van der Waals surface area contributed by atoms with Crippen molar-refractivity contribution >= 4 is 17.8 Å². The van der Waals surface area contributed by atoms with E-state index in [1.807, 2.05) is 6.07 Å². The molecule has 6 heteroatoms.